The number of piperazine rings is 1. The molecule has 3 rings (SSSR count). The molecule has 108 valence electrons. The van der Waals surface area contributed by atoms with E-state index < -0.39 is 0 Å². The maximum atomic E-state index is 12.3. The van der Waals surface area contributed by atoms with E-state index in [0.29, 0.717) is 12.3 Å². The van der Waals surface area contributed by atoms with Crippen LogP contribution in [-0.4, -0.2) is 62.0 Å². The van der Waals surface area contributed by atoms with Gasteiger partial charge in [0.1, 0.15) is 0 Å². The molecule has 1 saturated heterocycles. The highest BCUT2D eigenvalue weighted by molar-refractivity contribution is 5.77. The van der Waals surface area contributed by atoms with Gasteiger partial charge < -0.3 is 14.7 Å². The molecule has 1 fully saturated rings. The molecule has 0 atom stereocenters. The lowest BCUT2D eigenvalue weighted by Gasteiger charge is -2.33. The van der Waals surface area contributed by atoms with Crippen molar-refractivity contribution >= 4 is 11.6 Å². The average molecular weight is 273 g/mol. The molecule has 20 heavy (non-hydrogen) atoms. The standard InChI is InChI=1S/C16H23N3O/c1-17-10-12-19(13-11-17)16(20)7-9-18-8-6-14-4-2-3-5-15(14)18/h2-5H,6-13H2,1H3. The highest BCUT2D eigenvalue weighted by atomic mass is 16.2. The summed E-state index contributed by atoms with van der Waals surface area (Å²) in [5.74, 6) is 0.308. The fourth-order valence-electron chi connectivity index (χ4n) is 3.08. The van der Waals surface area contributed by atoms with Crippen LogP contribution in [0.5, 0.6) is 0 Å². The summed E-state index contributed by atoms with van der Waals surface area (Å²) in [6.07, 6.45) is 1.75. The van der Waals surface area contributed by atoms with E-state index in [4.69, 9.17) is 0 Å². The van der Waals surface area contributed by atoms with Crippen molar-refractivity contribution in [1.82, 2.24) is 9.80 Å². The lowest BCUT2D eigenvalue weighted by atomic mass is 10.2. The van der Waals surface area contributed by atoms with Gasteiger partial charge in [-0.05, 0) is 25.1 Å². The maximum absolute atomic E-state index is 12.3. The summed E-state index contributed by atoms with van der Waals surface area (Å²) in [5.41, 5.74) is 2.73. The first kappa shape index (κ1) is 13.4. The van der Waals surface area contributed by atoms with Crippen LogP contribution in [0.1, 0.15) is 12.0 Å². The SMILES string of the molecule is CN1CCN(C(=O)CCN2CCc3ccccc32)CC1. The van der Waals surface area contributed by atoms with E-state index in [1.54, 1.807) is 0 Å². The predicted octanol–water partition coefficient (Wildman–Crippen LogP) is 1.21. The second-order valence-electron chi connectivity index (χ2n) is 5.80. The molecule has 0 aliphatic carbocycles. The van der Waals surface area contributed by atoms with E-state index >= 15 is 0 Å². The third-order valence-electron chi connectivity index (χ3n) is 4.43. The van der Waals surface area contributed by atoms with E-state index in [-0.39, 0.29) is 0 Å². The van der Waals surface area contributed by atoms with Crippen molar-refractivity contribution in [2.45, 2.75) is 12.8 Å². The molecule has 4 nitrogen and oxygen atoms in total. The normalized spacial score (nSPS) is 19.2. The number of para-hydroxylation sites is 1. The van der Waals surface area contributed by atoms with Crippen LogP contribution in [0.4, 0.5) is 5.69 Å². The molecule has 2 aliphatic rings. The molecule has 2 aliphatic heterocycles. The molecule has 4 heteroatoms. The number of nitrogens with zero attached hydrogens (tertiary/aromatic N) is 3. The van der Waals surface area contributed by atoms with E-state index in [1.807, 2.05) is 4.90 Å². The maximum Gasteiger partial charge on any atom is 0.224 e. The fraction of sp³-hybridized carbons (Fsp3) is 0.562. The number of rotatable bonds is 3. The van der Waals surface area contributed by atoms with Crippen LogP contribution in [0.3, 0.4) is 0 Å². The molecule has 2 heterocycles. The summed E-state index contributed by atoms with van der Waals surface area (Å²) in [5, 5.41) is 0. The zero-order valence-electron chi connectivity index (χ0n) is 12.2. The van der Waals surface area contributed by atoms with Crippen LogP contribution in [0, 0.1) is 0 Å². The van der Waals surface area contributed by atoms with Crippen molar-refractivity contribution in [1.29, 1.82) is 0 Å². The van der Waals surface area contributed by atoms with E-state index in [1.165, 1.54) is 11.3 Å². The highest BCUT2D eigenvalue weighted by Crippen LogP contribution is 2.27. The largest absolute Gasteiger partial charge is 0.370 e. The topological polar surface area (TPSA) is 26.8 Å². The van der Waals surface area contributed by atoms with Crippen LogP contribution in [-0.2, 0) is 11.2 Å². The van der Waals surface area contributed by atoms with Crippen molar-refractivity contribution in [3.63, 3.8) is 0 Å². The van der Waals surface area contributed by atoms with Crippen LogP contribution in [0.25, 0.3) is 0 Å². The summed E-state index contributed by atoms with van der Waals surface area (Å²) < 4.78 is 0. The number of anilines is 1. The van der Waals surface area contributed by atoms with Gasteiger partial charge in [0.2, 0.25) is 5.91 Å². The Balaban J connectivity index is 1.52. The Morgan fingerprint density at radius 3 is 2.65 bits per heavy atom. The summed E-state index contributed by atoms with van der Waals surface area (Å²) in [7, 11) is 2.11. The fourth-order valence-corrected chi connectivity index (χ4v) is 3.08. The van der Waals surface area contributed by atoms with Gasteiger partial charge in [0.05, 0.1) is 0 Å². The van der Waals surface area contributed by atoms with Crippen LogP contribution < -0.4 is 4.90 Å². The lowest BCUT2D eigenvalue weighted by molar-refractivity contribution is -0.132. The smallest absolute Gasteiger partial charge is 0.224 e. The lowest BCUT2D eigenvalue weighted by Crippen LogP contribution is -2.47. The van der Waals surface area contributed by atoms with Gasteiger partial charge in [0.15, 0.2) is 0 Å². The Kier molecular flexibility index (Phi) is 3.92. The average Bonchev–Trinajstić information content (AvgIpc) is 2.89. The number of benzene rings is 1. The Morgan fingerprint density at radius 1 is 1.10 bits per heavy atom. The third kappa shape index (κ3) is 2.80. The number of fused-ring (bicyclic) bond motifs is 1. The molecule has 0 spiro atoms. The van der Waals surface area contributed by atoms with Crippen molar-refractivity contribution in [2.24, 2.45) is 0 Å². The number of carbonyl (C=O) groups excluding carboxylic acids is 1. The second kappa shape index (κ2) is 5.83. The van der Waals surface area contributed by atoms with Crippen molar-refractivity contribution in [3.8, 4) is 0 Å². The Morgan fingerprint density at radius 2 is 1.85 bits per heavy atom. The van der Waals surface area contributed by atoms with Gasteiger partial charge in [-0.3, -0.25) is 4.79 Å². The van der Waals surface area contributed by atoms with Crippen molar-refractivity contribution < 1.29 is 4.79 Å². The molecule has 0 aromatic heterocycles. The molecule has 0 bridgehead atoms. The third-order valence-corrected chi connectivity index (χ3v) is 4.43. The van der Waals surface area contributed by atoms with E-state index in [2.05, 4.69) is 41.1 Å². The van der Waals surface area contributed by atoms with Crippen molar-refractivity contribution in [3.05, 3.63) is 29.8 Å². The first-order chi connectivity index (χ1) is 9.74. The summed E-state index contributed by atoms with van der Waals surface area (Å²) in [6.45, 7) is 5.66. The second-order valence-corrected chi connectivity index (χ2v) is 5.80. The number of hydrogen-bond donors (Lipinski definition) is 0. The molecular weight excluding hydrogens is 250 g/mol. The molecule has 1 amide bonds. The quantitative estimate of drug-likeness (QED) is 0.828. The minimum atomic E-state index is 0.308. The number of likely N-dealkylation sites (N-methyl/N-ethyl adjacent to an activating group) is 1. The highest BCUT2D eigenvalue weighted by Gasteiger charge is 2.22. The summed E-state index contributed by atoms with van der Waals surface area (Å²) >= 11 is 0. The number of amides is 1. The predicted molar refractivity (Wildman–Crippen MR) is 81.1 cm³/mol. The first-order valence-electron chi connectivity index (χ1n) is 7.53. The molecule has 0 unspecified atom stereocenters. The molecule has 0 radical (unpaired) electrons. The molecule has 0 N–H and O–H groups in total. The van der Waals surface area contributed by atoms with Gasteiger partial charge in [-0.2, -0.15) is 0 Å². The molecular formula is C16H23N3O. The molecule has 1 aromatic carbocycles. The number of hydrogen-bond acceptors (Lipinski definition) is 3. The van der Waals surface area contributed by atoms with Gasteiger partial charge >= 0.3 is 0 Å². The Labute approximate surface area is 121 Å². The summed E-state index contributed by atoms with van der Waals surface area (Å²) in [4.78, 5) is 18.9. The Bertz CT molecular complexity index is 480. The number of carbonyl (C=O) groups is 1. The van der Waals surface area contributed by atoms with Crippen LogP contribution in [0.2, 0.25) is 0 Å². The zero-order chi connectivity index (χ0) is 13.9. The molecule has 1 aromatic rings. The monoisotopic (exact) mass is 273 g/mol. The van der Waals surface area contributed by atoms with Crippen LogP contribution in [0.15, 0.2) is 24.3 Å². The minimum absolute atomic E-state index is 0.308. The van der Waals surface area contributed by atoms with E-state index in [0.717, 1.165) is 45.7 Å². The van der Waals surface area contributed by atoms with Gasteiger partial charge in [0, 0.05) is 51.4 Å². The summed E-state index contributed by atoms with van der Waals surface area (Å²) in [6, 6.07) is 8.54. The first-order valence-corrected chi connectivity index (χ1v) is 7.53. The van der Waals surface area contributed by atoms with Gasteiger partial charge in [-0.1, -0.05) is 18.2 Å². The minimum Gasteiger partial charge on any atom is -0.370 e. The van der Waals surface area contributed by atoms with Crippen LogP contribution >= 0.6 is 0 Å². The van der Waals surface area contributed by atoms with Crippen molar-refractivity contribution in [2.75, 3.05) is 51.2 Å². The van der Waals surface area contributed by atoms with Gasteiger partial charge in [-0.15, -0.1) is 0 Å². The van der Waals surface area contributed by atoms with E-state index in [9.17, 15) is 4.79 Å². The van der Waals surface area contributed by atoms with Gasteiger partial charge in [0.25, 0.3) is 0 Å². The van der Waals surface area contributed by atoms with Gasteiger partial charge in [-0.25, -0.2) is 0 Å². The zero-order valence-corrected chi connectivity index (χ0v) is 12.2. The Hall–Kier alpha value is -1.55. The molecule has 0 saturated carbocycles.